The highest BCUT2D eigenvalue weighted by Gasteiger charge is 2.24. The third-order valence-electron chi connectivity index (χ3n) is 5.71. The van der Waals surface area contributed by atoms with Crippen LogP contribution in [0.25, 0.3) is 33.1 Å². The van der Waals surface area contributed by atoms with E-state index < -0.39 is 0 Å². The third-order valence-corrected chi connectivity index (χ3v) is 6.63. The van der Waals surface area contributed by atoms with Crippen molar-refractivity contribution in [2.45, 2.75) is 6.92 Å². The van der Waals surface area contributed by atoms with Crippen molar-refractivity contribution in [2.75, 3.05) is 37.7 Å². The van der Waals surface area contributed by atoms with Crippen LogP contribution < -0.4 is 4.90 Å². The number of hydrogen-bond acceptors (Lipinski definition) is 7. The van der Waals surface area contributed by atoms with Gasteiger partial charge in [-0.2, -0.15) is 0 Å². The second-order valence-corrected chi connectivity index (χ2v) is 8.86. The average Bonchev–Trinajstić information content (AvgIpc) is 3.45. The Morgan fingerprint density at radius 2 is 1.74 bits per heavy atom. The van der Waals surface area contributed by atoms with Crippen LogP contribution in [-0.4, -0.2) is 58.7 Å². The van der Waals surface area contributed by atoms with E-state index in [4.69, 9.17) is 14.7 Å². The van der Waals surface area contributed by atoms with E-state index in [-0.39, 0.29) is 6.09 Å². The van der Waals surface area contributed by atoms with Gasteiger partial charge in [0.15, 0.2) is 5.82 Å². The van der Waals surface area contributed by atoms with Gasteiger partial charge in [-0.25, -0.2) is 14.8 Å². The van der Waals surface area contributed by atoms with E-state index in [1.54, 1.807) is 16.2 Å². The summed E-state index contributed by atoms with van der Waals surface area (Å²) in [6, 6.07) is 18.3. The molecule has 1 amide bonds. The number of ether oxygens (including phenoxy) is 1. The van der Waals surface area contributed by atoms with Gasteiger partial charge in [-0.1, -0.05) is 36.4 Å². The molecule has 172 valence electrons. The van der Waals surface area contributed by atoms with Gasteiger partial charge in [0, 0.05) is 66.2 Å². The number of aromatic nitrogens is 3. The predicted octanol–water partition coefficient (Wildman–Crippen LogP) is 5.21. The van der Waals surface area contributed by atoms with Crippen molar-refractivity contribution in [3.63, 3.8) is 0 Å². The maximum Gasteiger partial charge on any atom is 0.409 e. The summed E-state index contributed by atoms with van der Waals surface area (Å²) in [7, 11) is 0. The smallest absolute Gasteiger partial charge is 0.409 e. The summed E-state index contributed by atoms with van der Waals surface area (Å²) in [4.78, 5) is 31.5. The lowest BCUT2D eigenvalue weighted by Gasteiger charge is -2.35. The molecular formula is C26H25N5O2S. The minimum absolute atomic E-state index is 0.257. The van der Waals surface area contributed by atoms with Crippen LogP contribution in [0.2, 0.25) is 0 Å². The Morgan fingerprint density at radius 1 is 0.941 bits per heavy atom. The van der Waals surface area contributed by atoms with E-state index in [2.05, 4.69) is 27.4 Å². The molecule has 4 aromatic rings. The lowest BCUT2D eigenvalue weighted by molar-refractivity contribution is 0.105. The zero-order valence-electron chi connectivity index (χ0n) is 18.9. The first-order chi connectivity index (χ1) is 16.7. The van der Waals surface area contributed by atoms with Gasteiger partial charge in [-0.15, -0.1) is 11.3 Å². The topological polar surface area (TPSA) is 71.5 Å². The third kappa shape index (κ3) is 4.77. The molecular weight excluding hydrogens is 446 g/mol. The molecule has 7 nitrogen and oxygen atoms in total. The Balaban J connectivity index is 1.49. The normalized spacial score (nSPS) is 13.7. The number of hydrogen-bond donors (Lipinski definition) is 0. The molecule has 0 saturated carbocycles. The van der Waals surface area contributed by atoms with Gasteiger partial charge in [0.25, 0.3) is 0 Å². The Labute approximate surface area is 202 Å². The van der Waals surface area contributed by atoms with E-state index >= 15 is 0 Å². The molecule has 0 unspecified atom stereocenters. The summed E-state index contributed by atoms with van der Waals surface area (Å²) in [5, 5.41) is 2.06. The number of rotatable bonds is 5. The van der Waals surface area contributed by atoms with Gasteiger partial charge < -0.3 is 14.5 Å². The quantitative estimate of drug-likeness (QED) is 0.398. The van der Waals surface area contributed by atoms with Crippen LogP contribution in [-0.2, 0) is 4.74 Å². The van der Waals surface area contributed by atoms with E-state index in [0.717, 1.165) is 28.2 Å². The molecule has 1 saturated heterocycles. The first kappa shape index (κ1) is 22.0. The van der Waals surface area contributed by atoms with Gasteiger partial charge in [0.05, 0.1) is 12.3 Å². The summed E-state index contributed by atoms with van der Waals surface area (Å²) in [5.41, 5.74) is 3.79. The Bertz CT molecular complexity index is 1260. The molecule has 1 aromatic carbocycles. The number of piperazine rings is 1. The molecule has 1 fully saturated rings. The lowest BCUT2D eigenvalue weighted by Crippen LogP contribution is -2.49. The maximum absolute atomic E-state index is 12.1. The Hall–Kier alpha value is -3.78. The minimum atomic E-state index is -0.257. The molecule has 1 aliphatic rings. The van der Waals surface area contributed by atoms with Crippen LogP contribution in [0.15, 0.2) is 72.4 Å². The van der Waals surface area contributed by atoms with Crippen molar-refractivity contribution < 1.29 is 9.53 Å². The molecule has 0 atom stereocenters. The number of amides is 1. The lowest BCUT2D eigenvalue weighted by atomic mass is 10.1. The average molecular weight is 472 g/mol. The largest absolute Gasteiger partial charge is 0.450 e. The highest BCUT2D eigenvalue weighted by molar-refractivity contribution is 7.13. The second kappa shape index (κ2) is 10.0. The zero-order chi connectivity index (χ0) is 23.3. The molecule has 4 heterocycles. The second-order valence-electron chi connectivity index (χ2n) is 7.91. The van der Waals surface area contributed by atoms with E-state index in [1.165, 1.54) is 4.88 Å². The monoisotopic (exact) mass is 471 g/mol. The summed E-state index contributed by atoms with van der Waals surface area (Å²) in [6.45, 7) is 4.74. The van der Waals surface area contributed by atoms with E-state index in [1.807, 2.05) is 61.8 Å². The van der Waals surface area contributed by atoms with Crippen molar-refractivity contribution in [1.82, 2.24) is 19.9 Å². The van der Waals surface area contributed by atoms with Gasteiger partial charge in [0.1, 0.15) is 5.82 Å². The fourth-order valence-corrected chi connectivity index (χ4v) is 4.66. The van der Waals surface area contributed by atoms with Gasteiger partial charge >= 0.3 is 6.09 Å². The number of nitrogens with zero attached hydrogens (tertiary/aromatic N) is 5. The summed E-state index contributed by atoms with van der Waals surface area (Å²) >= 11 is 1.69. The SMILES string of the molecule is CCOC(=O)N1CCN(c2cc(-c3cncc(-c4cccs4)c3)nc(-c3ccccc3)n2)CC1. The number of carbonyl (C=O) groups excluding carboxylic acids is 1. The Morgan fingerprint density at radius 3 is 2.47 bits per heavy atom. The van der Waals surface area contributed by atoms with Crippen molar-refractivity contribution >= 4 is 23.2 Å². The Kier molecular flexibility index (Phi) is 6.49. The standard InChI is InChI=1S/C26H25N5O2S/c1-2-33-26(32)31-12-10-30(11-13-31)24-16-22(28-25(29-24)19-7-4-3-5-8-19)20-15-21(18-27-17-20)23-9-6-14-34-23/h3-9,14-18H,2,10-13H2,1H3. The highest BCUT2D eigenvalue weighted by atomic mass is 32.1. The molecule has 0 spiro atoms. The number of thiophene rings is 1. The first-order valence-electron chi connectivity index (χ1n) is 11.3. The van der Waals surface area contributed by atoms with E-state index in [0.29, 0.717) is 38.6 Å². The zero-order valence-corrected chi connectivity index (χ0v) is 19.7. The summed E-state index contributed by atoms with van der Waals surface area (Å²) in [5.74, 6) is 1.51. The predicted molar refractivity (Wildman–Crippen MR) is 135 cm³/mol. The summed E-state index contributed by atoms with van der Waals surface area (Å²) < 4.78 is 5.15. The molecule has 0 N–H and O–H groups in total. The van der Waals surface area contributed by atoms with Crippen molar-refractivity contribution in [3.05, 3.63) is 72.4 Å². The minimum Gasteiger partial charge on any atom is -0.450 e. The van der Waals surface area contributed by atoms with Crippen molar-refractivity contribution in [1.29, 1.82) is 0 Å². The fourth-order valence-electron chi connectivity index (χ4n) is 3.95. The number of anilines is 1. The number of benzene rings is 1. The number of pyridine rings is 1. The molecule has 34 heavy (non-hydrogen) atoms. The summed E-state index contributed by atoms with van der Waals surface area (Å²) in [6.07, 6.45) is 3.47. The van der Waals surface area contributed by atoms with Crippen molar-refractivity contribution in [3.8, 4) is 33.1 Å². The maximum atomic E-state index is 12.1. The van der Waals surface area contributed by atoms with Gasteiger partial charge in [-0.3, -0.25) is 4.98 Å². The molecule has 0 bridgehead atoms. The van der Waals surface area contributed by atoms with Crippen LogP contribution in [0.4, 0.5) is 10.6 Å². The van der Waals surface area contributed by atoms with Crippen LogP contribution in [0.3, 0.4) is 0 Å². The molecule has 3 aromatic heterocycles. The molecule has 8 heteroatoms. The fraction of sp³-hybridized carbons (Fsp3) is 0.231. The molecule has 5 rings (SSSR count). The van der Waals surface area contributed by atoms with Crippen LogP contribution in [0.1, 0.15) is 6.92 Å². The van der Waals surface area contributed by atoms with Gasteiger partial charge in [0.2, 0.25) is 0 Å². The van der Waals surface area contributed by atoms with Crippen molar-refractivity contribution in [2.24, 2.45) is 0 Å². The molecule has 0 radical (unpaired) electrons. The van der Waals surface area contributed by atoms with E-state index in [9.17, 15) is 4.79 Å². The molecule has 1 aliphatic heterocycles. The highest BCUT2D eigenvalue weighted by Crippen LogP contribution is 2.30. The van der Waals surface area contributed by atoms with Crippen LogP contribution >= 0.6 is 11.3 Å². The van der Waals surface area contributed by atoms with Crippen LogP contribution in [0.5, 0.6) is 0 Å². The first-order valence-corrected chi connectivity index (χ1v) is 12.2. The van der Waals surface area contributed by atoms with Crippen LogP contribution in [0, 0.1) is 0 Å². The van der Waals surface area contributed by atoms with Gasteiger partial charge in [-0.05, 0) is 24.4 Å². The molecule has 0 aliphatic carbocycles. The number of carbonyl (C=O) groups is 1.